The molecule has 0 aromatic heterocycles. The van der Waals surface area contributed by atoms with Gasteiger partial charge in [-0.25, -0.2) is 0 Å². The summed E-state index contributed by atoms with van der Waals surface area (Å²) in [5, 5.41) is 14.4. The van der Waals surface area contributed by atoms with E-state index in [1.807, 2.05) is 24.3 Å². The van der Waals surface area contributed by atoms with Crippen LogP contribution in [0.1, 0.15) is 30.4 Å². The van der Waals surface area contributed by atoms with Crippen LogP contribution >= 0.6 is 11.6 Å². The molecule has 1 aliphatic carbocycles. The highest BCUT2D eigenvalue weighted by atomic mass is 35.5. The maximum absolute atomic E-state index is 10.1. The number of hydrogen-bond acceptors (Lipinski definition) is 2. The summed E-state index contributed by atoms with van der Waals surface area (Å²) in [5.74, 6) is 0. The van der Waals surface area contributed by atoms with E-state index in [0.29, 0.717) is 0 Å². The molecule has 0 aliphatic heterocycles. The Bertz CT molecular complexity index is 611. The fourth-order valence-electron chi connectivity index (χ4n) is 3.23. The van der Waals surface area contributed by atoms with Gasteiger partial charge in [0.25, 0.3) is 0 Å². The van der Waals surface area contributed by atoms with Gasteiger partial charge in [-0.05, 0) is 54.7 Å². The molecule has 0 radical (unpaired) electrons. The molecule has 1 unspecified atom stereocenters. The number of nitrogens with one attached hydrogen (secondary N) is 1. The van der Waals surface area contributed by atoms with Crippen LogP contribution in [0.25, 0.3) is 0 Å². The molecular formula is C18H20ClNO. The van der Waals surface area contributed by atoms with Crippen LogP contribution in [0.15, 0.2) is 48.5 Å². The van der Waals surface area contributed by atoms with E-state index < -0.39 is 5.54 Å². The molecule has 110 valence electrons. The van der Waals surface area contributed by atoms with E-state index in [9.17, 15) is 5.11 Å². The standard InChI is InChI=1S/C18H20ClNO/c19-15-8-10-16(11-9-15)20-18(13-21)12-4-3-6-14-5-1-2-7-17(14)18/h1-2,5,7-11,20-21H,3-4,6,12-13H2. The molecule has 3 rings (SSSR count). The summed E-state index contributed by atoms with van der Waals surface area (Å²) >= 11 is 5.95. The zero-order valence-corrected chi connectivity index (χ0v) is 12.7. The van der Waals surface area contributed by atoms with Crippen molar-refractivity contribution < 1.29 is 5.11 Å². The first-order chi connectivity index (χ1) is 10.2. The van der Waals surface area contributed by atoms with Gasteiger partial charge in [0.1, 0.15) is 0 Å². The van der Waals surface area contributed by atoms with Gasteiger partial charge in [-0.3, -0.25) is 0 Å². The van der Waals surface area contributed by atoms with E-state index in [1.165, 1.54) is 17.5 Å². The van der Waals surface area contributed by atoms with Crippen molar-refractivity contribution in [2.24, 2.45) is 0 Å². The molecule has 0 spiro atoms. The van der Waals surface area contributed by atoms with Crippen LogP contribution in [-0.4, -0.2) is 11.7 Å². The van der Waals surface area contributed by atoms with Gasteiger partial charge in [0.15, 0.2) is 0 Å². The number of anilines is 1. The van der Waals surface area contributed by atoms with Crippen molar-refractivity contribution in [1.82, 2.24) is 0 Å². The Labute approximate surface area is 130 Å². The fourth-order valence-corrected chi connectivity index (χ4v) is 3.35. The van der Waals surface area contributed by atoms with E-state index in [4.69, 9.17) is 11.6 Å². The quantitative estimate of drug-likeness (QED) is 0.825. The predicted molar refractivity (Wildman–Crippen MR) is 87.8 cm³/mol. The highest BCUT2D eigenvalue weighted by molar-refractivity contribution is 6.30. The number of aliphatic hydroxyl groups excluding tert-OH is 1. The maximum Gasteiger partial charge on any atom is 0.0859 e. The molecule has 2 nitrogen and oxygen atoms in total. The highest BCUT2D eigenvalue weighted by Crippen LogP contribution is 2.37. The molecule has 0 amide bonds. The van der Waals surface area contributed by atoms with E-state index in [2.05, 4.69) is 29.6 Å². The molecule has 0 bridgehead atoms. The summed E-state index contributed by atoms with van der Waals surface area (Å²) < 4.78 is 0. The van der Waals surface area contributed by atoms with Gasteiger partial charge in [0.2, 0.25) is 0 Å². The SMILES string of the molecule is OCC1(Nc2ccc(Cl)cc2)CCCCc2ccccc21. The van der Waals surface area contributed by atoms with Crippen molar-refractivity contribution in [2.45, 2.75) is 31.2 Å². The summed E-state index contributed by atoms with van der Waals surface area (Å²) in [6.45, 7) is 0.0899. The van der Waals surface area contributed by atoms with Gasteiger partial charge in [0.05, 0.1) is 12.1 Å². The first-order valence-corrected chi connectivity index (χ1v) is 7.84. The Morgan fingerprint density at radius 3 is 2.57 bits per heavy atom. The number of halogens is 1. The van der Waals surface area contributed by atoms with Gasteiger partial charge in [-0.2, -0.15) is 0 Å². The number of hydrogen-bond donors (Lipinski definition) is 2. The normalized spacial score (nSPS) is 21.4. The molecule has 0 fully saturated rings. The Morgan fingerprint density at radius 2 is 1.81 bits per heavy atom. The predicted octanol–water partition coefficient (Wildman–Crippen LogP) is 4.37. The molecule has 1 aliphatic rings. The van der Waals surface area contributed by atoms with Crippen LogP contribution in [0.5, 0.6) is 0 Å². The summed E-state index contributed by atoms with van der Waals surface area (Å²) in [7, 11) is 0. The molecule has 2 aromatic rings. The van der Waals surface area contributed by atoms with Crippen molar-refractivity contribution >= 4 is 17.3 Å². The van der Waals surface area contributed by atoms with Crippen LogP contribution in [-0.2, 0) is 12.0 Å². The van der Waals surface area contributed by atoms with Crippen LogP contribution in [0, 0.1) is 0 Å². The zero-order valence-electron chi connectivity index (χ0n) is 12.0. The molecule has 21 heavy (non-hydrogen) atoms. The fraction of sp³-hybridized carbons (Fsp3) is 0.333. The largest absolute Gasteiger partial charge is 0.394 e. The Morgan fingerprint density at radius 1 is 1.05 bits per heavy atom. The second kappa shape index (κ2) is 6.08. The van der Waals surface area contributed by atoms with Crippen molar-refractivity contribution in [3.63, 3.8) is 0 Å². The molecule has 1 atom stereocenters. The molecule has 3 heteroatoms. The van der Waals surface area contributed by atoms with Crippen molar-refractivity contribution in [2.75, 3.05) is 11.9 Å². The van der Waals surface area contributed by atoms with Crippen molar-refractivity contribution in [1.29, 1.82) is 0 Å². The average molecular weight is 302 g/mol. The summed E-state index contributed by atoms with van der Waals surface area (Å²) in [6.07, 6.45) is 4.29. The van der Waals surface area contributed by atoms with E-state index in [0.717, 1.165) is 30.0 Å². The van der Waals surface area contributed by atoms with Crippen LogP contribution < -0.4 is 5.32 Å². The molecule has 0 heterocycles. The third-order valence-electron chi connectivity index (χ3n) is 4.33. The summed E-state index contributed by atoms with van der Waals surface area (Å²) in [5.41, 5.74) is 3.15. The Balaban J connectivity index is 2.00. The minimum absolute atomic E-state index is 0.0899. The monoisotopic (exact) mass is 301 g/mol. The smallest absolute Gasteiger partial charge is 0.0859 e. The second-order valence-corrected chi connectivity index (χ2v) is 6.17. The van der Waals surface area contributed by atoms with Gasteiger partial charge >= 0.3 is 0 Å². The van der Waals surface area contributed by atoms with E-state index in [-0.39, 0.29) is 6.61 Å². The lowest BCUT2D eigenvalue weighted by molar-refractivity contribution is 0.202. The lowest BCUT2D eigenvalue weighted by Gasteiger charge is -2.35. The first kappa shape index (κ1) is 14.4. The van der Waals surface area contributed by atoms with Gasteiger partial charge in [-0.1, -0.05) is 42.3 Å². The third-order valence-corrected chi connectivity index (χ3v) is 4.58. The van der Waals surface area contributed by atoms with E-state index >= 15 is 0 Å². The average Bonchev–Trinajstić information content (AvgIpc) is 2.70. The molecule has 2 aromatic carbocycles. The van der Waals surface area contributed by atoms with Crippen molar-refractivity contribution in [3.8, 4) is 0 Å². The topological polar surface area (TPSA) is 32.3 Å². The molecule has 0 saturated heterocycles. The number of aryl methyl sites for hydroxylation is 1. The second-order valence-electron chi connectivity index (χ2n) is 5.74. The number of fused-ring (bicyclic) bond motifs is 1. The minimum atomic E-state index is -0.402. The lowest BCUT2D eigenvalue weighted by atomic mass is 9.84. The Hall–Kier alpha value is -1.51. The lowest BCUT2D eigenvalue weighted by Crippen LogP contribution is -2.39. The van der Waals surface area contributed by atoms with Gasteiger partial charge in [0, 0.05) is 10.7 Å². The van der Waals surface area contributed by atoms with Crippen LogP contribution in [0.4, 0.5) is 5.69 Å². The van der Waals surface area contributed by atoms with Crippen LogP contribution in [0.3, 0.4) is 0 Å². The number of aliphatic hydroxyl groups is 1. The van der Waals surface area contributed by atoms with Gasteiger partial charge < -0.3 is 10.4 Å². The molecular weight excluding hydrogens is 282 g/mol. The number of rotatable bonds is 3. The van der Waals surface area contributed by atoms with Crippen LogP contribution in [0.2, 0.25) is 5.02 Å². The number of benzene rings is 2. The maximum atomic E-state index is 10.1. The van der Waals surface area contributed by atoms with E-state index in [1.54, 1.807) is 0 Å². The van der Waals surface area contributed by atoms with Gasteiger partial charge in [-0.15, -0.1) is 0 Å². The van der Waals surface area contributed by atoms with Crippen molar-refractivity contribution in [3.05, 3.63) is 64.7 Å². The Kier molecular flexibility index (Phi) is 4.18. The highest BCUT2D eigenvalue weighted by Gasteiger charge is 2.34. The first-order valence-electron chi connectivity index (χ1n) is 7.46. The summed E-state index contributed by atoms with van der Waals surface area (Å²) in [6, 6.07) is 16.1. The minimum Gasteiger partial charge on any atom is -0.394 e. The molecule has 0 saturated carbocycles. The third kappa shape index (κ3) is 2.92. The molecule has 2 N–H and O–H groups in total. The summed E-state index contributed by atoms with van der Waals surface area (Å²) in [4.78, 5) is 0. The zero-order chi connectivity index (χ0) is 14.7.